The Hall–Kier alpha value is -6.22. The average Bonchev–Trinajstić information content (AvgIpc) is 4.10. The van der Waals surface area contributed by atoms with Gasteiger partial charge in [-0.15, -0.1) is 0 Å². The smallest absolute Gasteiger partial charge is 0.407 e. The molecule has 5 atom stereocenters. The Bertz CT molecular complexity index is 2350. The normalized spacial score (nSPS) is 18.7. The number of methoxy groups -OCH3 is 2. The van der Waals surface area contributed by atoms with E-state index in [4.69, 9.17) is 19.4 Å². The van der Waals surface area contributed by atoms with Crippen LogP contribution in [0.2, 0.25) is 0 Å². The van der Waals surface area contributed by atoms with Crippen LogP contribution in [-0.2, 0) is 19.1 Å². The zero-order chi connectivity index (χ0) is 43.4. The Balaban J connectivity index is 1.04. The number of amides is 4. The van der Waals surface area contributed by atoms with Gasteiger partial charge in [0.05, 0.1) is 50.1 Å². The Morgan fingerprint density at radius 3 is 1.97 bits per heavy atom. The van der Waals surface area contributed by atoms with Crippen molar-refractivity contribution in [2.75, 3.05) is 47.9 Å². The number of likely N-dealkylation sites (tertiary alicyclic amines) is 2. The van der Waals surface area contributed by atoms with E-state index in [9.17, 15) is 19.2 Å². The summed E-state index contributed by atoms with van der Waals surface area (Å²) in [4.78, 5) is 73.7. The van der Waals surface area contributed by atoms with Crippen molar-refractivity contribution in [2.24, 2.45) is 11.8 Å². The van der Waals surface area contributed by atoms with Gasteiger partial charge in [0.1, 0.15) is 23.7 Å². The third-order valence-electron chi connectivity index (χ3n) is 11.9. The number of carbonyl (C=O) groups is 4. The first-order chi connectivity index (χ1) is 29.4. The summed E-state index contributed by atoms with van der Waals surface area (Å²) in [5.41, 5.74) is 5.87. The lowest BCUT2D eigenvalue weighted by Crippen LogP contribution is -2.51. The molecule has 0 spiro atoms. The van der Waals surface area contributed by atoms with Gasteiger partial charge in [0.15, 0.2) is 0 Å². The number of rotatable bonds is 13. The summed E-state index contributed by atoms with van der Waals surface area (Å²) in [5, 5.41) is 7.59. The number of ether oxygens (including phenoxy) is 2. The molecule has 2 aromatic heterocycles. The van der Waals surface area contributed by atoms with Gasteiger partial charge >= 0.3 is 12.2 Å². The summed E-state index contributed by atoms with van der Waals surface area (Å²) >= 11 is 0. The maximum Gasteiger partial charge on any atom is 0.407 e. The maximum atomic E-state index is 14.0. The molecule has 7 rings (SSSR count). The average molecular weight is 832 g/mol. The Morgan fingerprint density at radius 2 is 1.34 bits per heavy atom. The van der Waals surface area contributed by atoms with Crippen LogP contribution in [0, 0.1) is 11.8 Å². The van der Waals surface area contributed by atoms with E-state index in [0.717, 1.165) is 81.9 Å². The van der Waals surface area contributed by atoms with Crippen LogP contribution in [0.4, 0.5) is 9.59 Å². The minimum Gasteiger partial charge on any atom is -0.453 e. The molecule has 1 unspecified atom stereocenters. The number of hydrogen-bond acceptors (Lipinski definition) is 9. The number of hydrogen-bond donors (Lipinski definition) is 4. The van der Waals surface area contributed by atoms with E-state index in [1.54, 1.807) is 4.90 Å². The summed E-state index contributed by atoms with van der Waals surface area (Å²) in [6.45, 7) is 7.69. The van der Waals surface area contributed by atoms with Crippen molar-refractivity contribution in [3.05, 3.63) is 84.7 Å². The first-order valence-electron chi connectivity index (χ1n) is 21.1. The highest BCUT2D eigenvalue weighted by atomic mass is 16.5. The number of fused-ring (bicyclic) bond motifs is 1. The molecule has 2 saturated heterocycles. The molecular formula is C46H57N9O6. The lowest BCUT2D eigenvalue weighted by Gasteiger charge is -2.30. The van der Waals surface area contributed by atoms with Crippen LogP contribution in [0.5, 0.6) is 0 Å². The summed E-state index contributed by atoms with van der Waals surface area (Å²) in [6, 6.07) is 19.3. The van der Waals surface area contributed by atoms with Crippen molar-refractivity contribution >= 4 is 34.8 Å². The number of carbonyl (C=O) groups excluding carboxylic acids is 4. The maximum absolute atomic E-state index is 14.0. The highest BCUT2D eigenvalue weighted by Gasteiger charge is 2.42. The summed E-state index contributed by atoms with van der Waals surface area (Å²) in [5.74, 6) is 1.29. The van der Waals surface area contributed by atoms with Crippen molar-refractivity contribution in [3.8, 4) is 33.6 Å². The van der Waals surface area contributed by atoms with E-state index in [1.165, 1.54) is 14.2 Å². The van der Waals surface area contributed by atoms with Crippen molar-refractivity contribution in [3.63, 3.8) is 0 Å². The second kappa shape index (κ2) is 18.6. The molecular weight excluding hydrogens is 775 g/mol. The lowest BCUT2D eigenvalue weighted by atomic mass is 9.98. The molecule has 15 heteroatoms. The number of H-pyrrole nitrogens is 2. The SMILES string of the molecule is CC[C@H](NC(=O)OC)C(=O)N1CCC[C@H]1c1ncc(-c2ccc3cc(-c4ccc(-c5cnc([C@@H]6CC(CN(C)C)CN6C(=O)[C@@H](NC(=O)OC)C(C)C)[nH]5)cc4)ccc3c2)[nH]1. The van der Waals surface area contributed by atoms with Crippen molar-refractivity contribution < 1.29 is 28.7 Å². The standard InChI is InChI=1S/C46H57N9O6/c1-8-35(51-45(58)60-6)43(56)54-19-9-10-38(54)41-47-24-37(50-41)34-18-17-32-21-31(15-16-33(32)22-34)29-11-13-30(14-12-29)36-23-48-42(49-36)39-20-28(25-53(4)5)26-55(39)44(57)40(27(2)3)52-46(59)61-7/h11-18,21-24,27-28,35,38-40H,8-10,19-20,25-26H2,1-7H3,(H,47,50)(H,48,49)(H,51,58)(H,52,59)/t28?,35-,38-,39-,40-/m0/s1. The Labute approximate surface area is 356 Å². The molecule has 5 aromatic rings. The predicted octanol–water partition coefficient (Wildman–Crippen LogP) is 6.92. The molecule has 0 radical (unpaired) electrons. The highest BCUT2D eigenvalue weighted by molar-refractivity contribution is 5.91. The third kappa shape index (κ3) is 9.41. The van der Waals surface area contributed by atoms with Gasteiger partial charge in [-0.05, 0) is 91.2 Å². The quantitative estimate of drug-likeness (QED) is 0.0981. The van der Waals surface area contributed by atoms with Crippen molar-refractivity contribution in [1.82, 2.24) is 45.3 Å². The number of nitrogens with zero attached hydrogens (tertiary/aromatic N) is 5. The van der Waals surface area contributed by atoms with Gasteiger partial charge in [-0.3, -0.25) is 9.59 Å². The fraction of sp³-hybridized carbons (Fsp3) is 0.435. The summed E-state index contributed by atoms with van der Waals surface area (Å²) in [6.07, 6.45) is 5.25. The minimum absolute atomic E-state index is 0.129. The van der Waals surface area contributed by atoms with Crippen molar-refractivity contribution in [1.29, 1.82) is 0 Å². The fourth-order valence-corrected chi connectivity index (χ4v) is 8.75. The first kappa shape index (κ1) is 42.9. The van der Waals surface area contributed by atoms with Gasteiger partial charge in [-0.1, -0.05) is 69.3 Å². The molecule has 61 heavy (non-hydrogen) atoms. The van der Waals surface area contributed by atoms with E-state index in [0.29, 0.717) is 19.5 Å². The van der Waals surface area contributed by atoms with Crippen molar-refractivity contribution in [2.45, 2.75) is 70.6 Å². The molecule has 0 saturated carbocycles. The fourth-order valence-electron chi connectivity index (χ4n) is 8.75. The molecule has 2 fully saturated rings. The van der Waals surface area contributed by atoms with Crippen LogP contribution in [-0.4, -0.2) is 119 Å². The molecule has 322 valence electrons. The molecule has 2 aliphatic rings. The van der Waals surface area contributed by atoms with Crippen LogP contribution < -0.4 is 10.6 Å². The van der Waals surface area contributed by atoms with Crippen LogP contribution in [0.25, 0.3) is 44.4 Å². The largest absolute Gasteiger partial charge is 0.453 e. The number of aromatic amines is 2. The molecule has 0 aliphatic carbocycles. The van der Waals surface area contributed by atoms with E-state index in [-0.39, 0.29) is 35.7 Å². The van der Waals surface area contributed by atoms with E-state index in [1.807, 2.05) is 52.2 Å². The zero-order valence-corrected chi connectivity index (χ0v) is 36.0. The topological polar surface area (TPSA) is 178 Å². The van der Waals surface area contributed by atoms with E-state index >= 15 is 0 Å². The molecule has 0 bridgehead atoms. The molecule has 4 N–H and O–H groups in total. The molecule has 2 aliphatic heterocycles. The monoisotopic (exact) mass is 831 g/mol. The van der Waals surface area contributed by atoms with Crippen LogP contribution >= 0.6 is 0 Å². The zero-order valence-electron chi connectivity index (χ0n) is 36.0. The molecule has 15 nitrogen and oxygen atoms in total. The Kier molecular flexibility index (Phi) is 13.1. The number of imidazole rings is 2. The first-order valence-corrected chi connectivity index (χ1v) is 21.1. The second-order valence-electron chi connectivity index (χ2n) is 16.7. The number of alkyl carbamates (subject to hydrolysis) is 2. The van der Waals surface area contributed by atoms with Crippen LogP contribution in [0.15, 0.2) is 73.1 Å². The third-order valence-corrected chi connectivity index (χ3v) is 11.9. The molecule has 4 amide bonds. The lowest BCUT2D eigenvalue weighted by molar-refractivity contribution is -0.136. The molecule has 4 heterocycles. The number of nitrogens with one attached hydrogen (secondary N) is 4. The highest BCUT2D eigenvalue weighted by Crippen LogP contribution is 2.37. The second-order valence-corrected chi connectivity index (χ2v) is 16.7. The molecule has 3 aromatic carbocycles. The summed E-state index contributed by atoms with van der Waals surface area (Å²) in [7, 11) is 6.65. The van der Waals surface area contributed by atoms with Gasteiger partial charge in [-0.2, -0.15) is 0 Å². The summed E-state index contributed by atoms with van der Waals surface area (Å²) < 4.78 is 9.55. The van der Waals surface area contributed by atoms with Gasteiger partial charge in [0.25, 0.3) is 0 Å². The van der Waals surface area contributed by atoms with Crippen LogP contribution in [0.1, 0.15) is 70.2 Å². The van der Waals surface area contributed by atoms with Crippen LogP contribution in [0.3, 0.4) is 0 Å². The van der Waals surface area contributed by atoms with E-state index in [2.05, 4.69) is 86.2 Å². The number of aromatic nitrogens is 4. The minimum atomic E-state index is -0.718. The number of benzene rings is 3. The van der Waals surface area contributed by atoms with Gasteiger partial charge in [-0.25, -0.2) is 19.6 Å². The van der Waals surface area contributed by atoms with E-state index < -0.39 is 24.3 Å². The Morgan fingerprint density at radius 1 is 0.770 bits per heavy atom. The van der Waals surface area contributed by atoms with Gasteiger partial charge in [0.2, 0.25) is 11.8 Å². The van der Waals surface area contributed by atoms with Gasteiger partial charge < -0.3 is 44.8 Å². The van der Waals surface area contributed by atoms with Gasteiger partial charge in [0, 0.05) is 25.2 Å². The predicted molar refractivity (Wildman–Crippen MR) is 233 cm³/mol.